The lowest BCUT2D eigenvalue weighted by molar-refractivity contribution is -0.131. The molecular weight excluding hydrogens is 338 g/mol. The highest BCUT2D eigenvalue weighted by molar-refractivity contribution is 7.88. The number of sulfonamides is 1. The Kier molecular flexibility index (Phi) is 7.31. The highest BCUT2D eigenvalue weighted by Gasteiger charge is 2.23. The van der Waals surface area contributed by atoms with Crippen LogP contribution in [0.25, 0.3) is 0 Å². The summed E-state index contributed by atoms with van der Waals surface area (Å²) in [6.07, 6.45) is 2.89. The van der Waals surface area contributed by atoms with Gasteiger partial charge in [0, 0.05) is 38.3 Å². The number of hydrogen-bond acceptors (Lipinski definition) is 4. The van der Waals surface area contributed by atoms with Crippen LogP contribution in [-0.4, -0.2) is 56.0 Å². The summed E-state index contributed by atoms with van der Waals surface area (Å²) in [5, 5.41) is 0. The molecule has 2 N–H and O–H groups in total. The lowest BCUT2D eigenvalue weighted by atomic mass is 10.1. The normalized spacial score (nSPS) is 16.5. The summed E-state index contributed by atoms with van der Waals surface area (Å²) in [5.74, 6) is 0.0543. The van der Waals surface area contributed by atoms with E-state index in [1.165, 1.54) is 10.6 Å². The fourth-order valence-corrected chi connectivity index (χ4v) is 3.51. The predicted molar refractivity (Wildman–Crippen MR) is 94.0 cm³/mol. The number of aryl methyl sites for hydroxylation is 1. The molecule has 0 atom stereocenters. The number of carbonyl (C=O) groups excluding carboxylic acids is 1. The number of rotatable bonds is 4. The summed E-state index contributed by atoms with van der Waals surface area (Å²) < 4.78 is 24.6. The van der Waals surface area contributed by atoms with Crippen molar-refractivity contribution in [3.63, 3.8) is 0 Å². The first-order valence-electron chi connectivity index (χ1n) is 7.44. The number of nitrogens with two attached hydrogens (primary N) is 1. The zero-order valence-electron chi connectivity index (χ0n) is 13.3. The van der Waals surface area contributed by atoms with Crippen LogP contribution >= 0.6 is 12.4 Å². The van der Waals surface area contributed by atoms with Crippen LogP contribution in [0.15, 0.2) is 24.3 Å². The SMILES string of the molecule is CS(=O)(=O)N1CCCN(C(=O)CCc2ccccc2N)CC1.Cl. The molecule has 1 aliphatic rings. The van der Waals surface area contributed by atoms with Crippen molar-refractivity contribution in [1.29, 1.82) is 0 Å². The van der Waals surface area contributed by atoms with Gasteiger partial charge in [0.2, 0.25) is 15.9 Å². The Labute approximate surface area is 144 Å². The topological polar surface area (TPSA) is 83.7 Å². The Morgan fingerprint density at radius 2 is 1.87 bits per heavy atom. The molecule has 0 aliphatic carbocycles. The first kappa shape index (κ1) is 19.7. The first-order chi connectivity index (χ1) is 10.4. The minimum atomic E-state index is -3.18. The maximum Gasteiger partial charge on any atom is 0.222 e. The molecule has 1 aromatic carbocycles. The number of anilines is 1. The van der Waals surface area contributed by atoms with Crippen LogP contribution in [-0.2, 0) is 21.2 Å². The van der Waals surface area contributed by atoms with Crippen LogP contribution in [0.1, 0.15) is 18.4 Å². The summed E-state index contributed by atoms with van der Waals surface area (Å²) in [4.78, 5) is 14.1. The lowest BCUT2D eigenvalue weighted by Gasteiger charge is -2.21. The molecule has 6 nitrogen and oxygen atoms in total. The third kappa shape index (κ3) is 5.67. The van der Waals surface area contributed by atoms with Gasteiger partial charge in [0.15, 0.2) is 0 Å². The summed E-state index contributed by atoms with van der Waals surface area (Å²) in [5.41, 5.74) is 7.56. The zero-order valence-corrected chi connectivity index (χ0v) is 14.9. The van der Waals surface area contributed by atoms with Crippen LogP contribution in [0.5, 0.6) is 0 Å². The second-order valence-corrected chi connectivity index (χ2v) is 7.58. The summed E-state index contributed by atoms with van der Waals surface area (Å²) in [7, 11) is -3.18. The molecule has 2 rings (SSSR count). The van der Waals surface area contributed by atoms with E-state index in [0.717, 1.165) is 5.56 Å². The van der Waals surface area contributed by atoms with Gasteiger partial charge in [-0.25, -0.2) is 12.7 Å². The van der Waals surface area contributed by atoms with Gasteiger partial charge in [-0.3, -0.25) is 4.79 Å². The molecule has 130 valence electrons. The minimum Gasteiger partial charge on any atom is -0.399 e. The second kappa shape index (κ2) is 8.52. The van der Waals surface area contributed by atoms with E-state index in [1.807, 2.05) is 24.3 Å². The fraction of sp³-hybridized carbons (Fsp3) is 0.533. The summed E-state index contributed by atoms with van der Waals surface area (Å²) in [6, 6.07) is 7.54. The van der Waals surface area contributed by atoms with Crippen LogP contribution < -0.4 is 5.73 Å². The van der Waals surface area contributed by atoms with Gasteiger partial charge in [-0.05, 0) is 24.5 Å². The molecule has 1 aromatic rings. The first-order valence-corrected chi connectivity index (χ1v) is 9.29. The van der Waals surface area contributed by atoms with E-state index < -0.39 is 10.0 Å². The van der Waals surface area contributed by atoms with Crippen LogP contribution in [0, 0.1) is 0 Å². The molecule has 1 saturated heterocycles. The number of nitrogen functional groups attached to an aromatic ring is 1. The number of amides is 1. The lowest BCUT2D eigenvalue weighted by Crippen LogP contribution is -2.37. The molecule has 0 unspecified atom stereocenters. The third-order valence-corrected chi connectivity index (χ3v) is 5.24. The Hall–Kier alpha value is -1.31. The van der Waals surface area contributed by atoms with Crippen molar-refractivity contribution < 1.29 is 13.2 Å². The van der Waals surface area contributed by atoms with E-state index in [4.69, 9.17) is 5.73 Å². The van der Waals surface area contributed by atoms with Gasteiger partial charge in [-0.1, -0.05) is 18.2 Å². The molecule has 0 aromatic heterocycles. The monoisotopic (exact) mass is 361 g/mol. The van der Waals surface area contributed by atoms with Crippen LogP contribution in [0.4, 0.5) is 5.69 Å². The van der Waals surface area contributed by atoms with E-state index in [9.17, 15) is 13.2 Å². The van der Waals surface area contributed by atoms with E-state index in [2.05, 4.69) is 0 Å². The number of nitrogens with zero attached hydrogens (tertiary/aromatic N) is 2. The molecule has 1 amide bonds. The second-order valence-electron chi connectivity index (χ2n) is 5.60. The number of para-hydroxylation sites is 1. The number of hydrogen-bond donors (Lipinski definition) is 1. The van der Waals surface area contributed by atoms with Crippen molar-refractivity contribution in [2.75, 3.05) is 38.2 Å². The number of carbonyl (C=O) groups is 1. The Balaban J connectivity index is 0.00000264. The van der Waals surface area contributed by atoms with Crippen molar-refractivity contribution >= 4 is 34.0 Å². The third-order valence-electron chi connectivity index (χ3n) is 3.94. The predicted octanol–water partition coefficient (Wildman–Crippen LogP) is 1.12. The summed E-state index contributed by atoms with van der Waals surface area (Å²) in [6.45, 7) is 1.91. The highest BCUT2D eigenvalue weighted by Crippen LogP contribution is 2.14. The Morgan fingerprint density at radius 3 is 2.52 bits per heavy atom. The van der Waals surface area contributed by atoms with E-state index in [0.29, 0.717) is 51.1 Å². The smallest absolute Gasteiger partial charge is 0.222 e. The van der Waals surface area contributed by atoms with Gasteiger partial charge in [-0.2, -0.15) is 0 Å². The Morgan fingerprint density at radius 1 is 1.17 bits per heavy atom. The van der Waals surface area contributed by atoms with Gasteiger partial charge in [0.1, 0.15) is 0 Å². The van der Waals surface area contributed by atoms with Crippen LogP contribution in [0.3, 0.4) is 0 Å². The van der Waals surface area contributed by atoms with Gasteiger partial charge in [0.05, 0.1) is 6.26 Å². The minimum absolute atomic E-state index is 0. The molecule has 8 heteroatoms. The average Bonchev–Trinajstić information content (AvgIpc) is 2.71. The molecule has 0 radical (unpaired) electrons. The van der Waals surface area contributed by atoms with Gasteiger partial charge < -0.3 is 10.6 Å². The molecular formula is C15H24ClN3O3S. The van der Waals surface area contributed by atoms with Gasteiger partial charge in [0.25, 0.3) is 0 Å². The fourth-order valence-electron chi connectivity index (χ4n) is 2.64. The highest BCUT2D eigenvalue weighted by atomic mass is 35.5. The van der Waals surface area contributed by atoms with Crippen molar-refractivity contribution in [3.05, 3.63) is 29.8 Å². The van der Waals surface area contributed by atoms with Crippen molar-refractivity contribution in [3.8, 4) is 0 Å². The van der Waals surface area contributed by atoms with E-state index >= 15 is 0 Å². The number of halogens is 1. The molecule has 1 fully saturated rings. The molecule has 1 heterocycles. The Bertz CT molecular complexity index is 637. The largest absolute Gasteiger partial charge is 0.399 e. The van der Waals surface area contributed by atoms with Crippen molar-refractivity contribution in [2.24, 2.45) is 0 Å². The molecule has 0 saturated carbocycles. The van der Waals surface area contributed by atoms with E-state index in [-0.39, 0.29) is 18.3 Å². The molecule has 23 heavy (non-hydrogen) atoms. The summed E-state index contributed by atoms with van der Waals surface area (Å²) >= 11 is 0. The number of benzene rings is 1. The molecule has 1 aliphatic heterocycles. The van der Waals surface area contributed by atoms with Crippen LogP contribution in [0.2, 0.25) is 0 Å². The van der Waals surface area contributed by atoms with Crippen molar-refractivity contribution in [2.45, 2.75) is 19.3 Å². The average molecular weight is 362 g/mol. The van der Waals surface area contributed by atoms with Gasteiger partial charge >= 0.3 is 0 Å². The van der Waals surface area contributed by atoms with Gasteiger partial charge in [-0.15, -0.1) is 12.4 Å². The molecule has 0 bridgehead atoms. The maximum absolute atomic E-state index is 12.3. The van der Waals surface area contributed by atoms with E-state index in [1.54, 1.807) is 4.90 Å². The zero-order chi connectivity index (χ0) is 16.2. The quantitative estimate of drug-likeness (QED) is 0.814. The molecule has 0 spiro atoms. The maximum atomic E-state index is 12.3. The van der Waals surface area contributed by atoms with Crippen molar-refractivity contribution in [1.82, 2.24) is 9.21 Å². The standard InChI is InChI=1S/C15H23N3O3S.ClH/c1-22(20,21)18-10-4-9-17(11-12-18)15(19)8-7-13-5-2-3-6-14(13)16;/h2-3,5-6H,4,7-12,16H2,1H3;1H.